The zero-order valence-electron chi connectivity index (χ0n) is 12.7. The Labute approximate surface area is 134 Å². The number of amides is 3. The van der Waals surface area contributed by atoms with E-state index in [0.717, 1.165) is 11.1 Å². The largest absolute Gasteiger partial charge is 0.497 e. The maximum atomic E-state index is 12.7. The lowest BCUT2D eigenvalue weighted by atomic mass is 9.95. The summed E-state index contributed by atoms with van der Waals surface area (Å²) in [6.07, 6.45) is 0.577. The third kappa shape index (κ3) is 2.08. The third-order valence-corrected chi connectivity index (χ3v) is 4.52. The van der Waals surface area contributed by atoms with E-state index >= 15 is 0 Å². The summed E-state index contributed by atoms with van der Waals surface area (Å²) in [4.78, 5) is 28.4. The first-order valence-corrected chi connectivity index (χ1v) is 7.54. The number of carbonyl (C=O) groups excluding carboxylic acids is 2. The second-order valence-electron chi connectivity index (χ2n) is 5.77. The van der Waals surface area contributed by atoms with Crippen molar-refractivity contribution in [2.24, 2.45) is 0 Å². The van der Waals surface area contributed by atoms with Crippen LogP contribution in [0, 0.1) is 0 Å². The molecule has 5 nitrogen and oxygen atoms in total. The summed E-state index contributed by atoms with van der Waals surface area (Å²) in [6, 6.07) is 14.3. The van der Waals surface area contributed by atoms with Gasteiger partial charge >= 0.3 is 6.03 Å². The number of benzene rings is 2. The number of carbonyl (C=O) groups is 2. The van der Waals surface area contributed by atoms with Crippen LogP contribution in [-0.4, -0.2) is 30.0 Å². The Bertz CT molecular complexity index is 742. The Kier molecular flexibility index (Phi) is 3.08. The van der Waals surface area contributed by atoms with Crippen molar-refractivity contribution in [2.75, 3.05) is 12.0 Å². The minimum Gasteiger partial charge on any atom is -0.497 e. The van der Waals surface area contributed by atoms with Gasteiger partial charge in [0.05, 0.1) is 12.8 Å². The van der Waals surface area contributed by atoms with Gasteiger partial charge < -0.3 is 9.64 Å². The number of anilines is 1. The highest BCUT2D eigenvalue weighted by Gasteiger charge is 2.47. The van der Waals surface area contributed by atoms with Crippen LogP contribution in [0.15, 0.2) is 48.5 Å². The maximum Gasteiger partial charge on any atom is 0.332 e. The molecule has 3 amide bonds. The van der Waals surface area contributed by atoms with E-state index in [0.29, 0.717) is 24.4 Å². The van der Waals surface area contributed by atoms with Crippen LogP contribution in [0.5, 0.6) is 5.75 Å². The smallest absolute Gasteiger partial charge is 0.332 e. The van der Waals surface area contributed by atoms with Gasteiger partial charge in [-0.05, 0) is 35.4 Å². The Morgan fingerprint density at radius 2 is 1.70 bits per heavy atom. The molecule has 2 aliphatic rings. The molecule has 23 heavy (non-hydrogen) atoms. The fourth-order valence-corrected chi connectivity index (χ4v) is 3.29. The van der Waals surface area contributed by atoms with Crippen LogP contribution in [0.4, 0.5) is 10.5 Å². The molecule has 2 aliphatic heterocycles. The summed E-state index contributed by atoms with van der Waals surface area (Å²) >= 11 is 0. The van der Waals surface area contributed by atoms with Crippen LogP contribution < -0.4 is 9.64 Å². The summed E-state index contributed by atoms with van der Waals surface area (Å²) < 4.78 is 5.12. The van der Waals surface area contributed by atoms with Gasteiger partial charge in [0, 0.05) is 13.0 Å². The van der Waals surface area contributed by atoms with E-state index in [-0.39, 0.29) is 11.9 Å². The predicted molar refractivity (Wildman–Crippen MR) is 85.4 cm³/mol. The molecular formula is C18H16N2O3. The molecule has 2 heterocycles. The molecule has 4 rings (SSSR count). The topological polar surface area (TPSA) is 49.9 Å². The number of urea groups is 1. The molecule has 0 bridgehead atoms. The van der Waals surface area contributed by atoms with E-state index in [1.807, 2.05) is 24.3 Å². The van der Waals surface area contributed by atoms with Gasteiger partial charge in [-0.1, -0.05) is 24.3 Å². The van der Waals surface area contributed by atoms with Gasteiger partial charge in [-0.2, -0.15) is 0 Å². The molecule has 5 heteroatoms. The summed E-state index contributed by atoms with van der Waals surface area (Å²) in [5.74, 6) is 0.535. The highest BCUT2D eigenvalue weighted by atomic mass is 16.5. The van der Waals surface area contributed by atoms with Crippen LogP contribution in [0.2, 0.25) is 0 Å². The van der Waals surface area contributed by atoms with Crippen LogP contribution in [0.25, 0.3) is 0 Å². The second-order valence-corrected chi connectivity index (χ2v) is 5.77. The molecule has 2 aromatic rings. The molecule has 0 radical (unpaired) electrons. The van der Waals surface area contributed by atoms with Crippen molar-refractivity contribution in [3.05, 3.63) is 59.7 Å². The van der Waals surface area contributed by atoms with Gasteiger partial charge in [-0.25, -0.2) is 9.69 Å². The van der Waals surface area contributed by atoms with E-state index in [9.17, 15) is 9.59 Å². The van der Waals surface area contributed by atoms with E-state index < -0.39 is 6.04 Å². The summed E-state index contributed by atoms with van der Waals surface area (Å²) in [5, 5.41) is 0. The standard InChI is InChI=1S/C18H16N2O3/c1-23-15-8-6-14(7-9-15)20-17(21)16-10-12-4-2-3-5-13(12)11-19(16)18(20)22/h2-9,16H,10-11H2,1H3. The second kappa shape index (κ2) is 5.12. The fourth-order valence-electron chi connectivity index (χ4n) is 3.29. The number of hydrogen-bond donors (Lipinski definition) is 0. The number of fused-ring (bicyclic) bond motifs is 2. The fraction of sp³-hybridized carbons (Fsp3) is 0.222. The number of imide groups is 1. The lowest BCUT2D eigenvalue weighted by Gasteiger charge is -2.28. The summed E-state index contributed by atoms with van der Waals surface area (Å²) in [5.41, 5.74) is 2.84. The van der Waals surface area contributed by atoms with Gasteiger partial charge in [-0.15, -0.1) is 0 Å². The van der Waals surface area contributed by atoms with Crippen molar-refractivity contribution in [2.45, 2.75) is 19.0 Å². The average molecular weight is 308 g/mol. The lowest BCUT2D eigenvalue weighted by molar-refractivity contribution is -0.120. The average Bonchev–Trinajstić information content (AvgIpc) is 2.84. The van der Waals surface area contributed by atoms with Crippen LogP contribution in [-0.2, 0) is 17.8 Å². The monoisotopic (exact) mass is 308 g/mol. The first-order valence-electron chi connectivity index (χ1n) is 7.54. The van der Waals surface area contributed by atoms with Gasteiger partial charge in [0.2, 0.25) is 0 Å². The van der Waals surface area contributed by atoms with Gasteiger partial charge in [-0.3, -0.25) is 4.79 Å². The molecule has 1 fully saturated rings. The molecule has 1 saturated heterocycles. The summed E-state index contributed by atoms with van der Waals surface area (Å²) in [7, 11) is 1.58. The van der Waals surface area contributed by atoms with E-state index in [2.05, 4.69) is 0 Å². The predicted octanol–water partition coefficient (Wildman–Crippen LogP) is 2.59. The molecule has 0 aliphatic carbocycles. The third-order valence-electron chi connectivity index (χ3n) is 4.52. The number of rotatable bonds is 2. The minimum atomic E-state index is -0.403. The van der Waals surface area contributed by atoms with Crippen molar-refractivity contribution in [3.8, 4) is 5.75 Å². The van der Waals surface area contributed by atoms with Crippen LogP contribution >= 0.6 is 0 Å². The van der Waals surface area contributed by atoms with Crippen LogP contribution in [0.3, 0.4) is 0 Å². The quantitative estimate of drug-likeness (QED) is 0.801. The SMILES string of the molecule is COc1ccc(N2C(=O)C3Cc4ccccc4CN3C2=O)cc1. The van der Waals surface area contributed by atoms with Crippen molar-refractivity contribution in [3.63, 3.8) is 0 Å². The molecule has 0 aromatic heterocycles. The number of methoxy groups -OCH3 is 1. The zero-order valence-corrected chi connectivity index (χ0v) is 12.7. The molecule has 0 N–H and O–H groups in total. The number of ether oxygens (including phenoxy) is 1. The summed E-state index contributed by atoms with van der Waals surface area (Å²) in [6.45, 7) is 0.484. The van der Waals surface area contributed by atoms with Gasteiger partial charge in [0.25, 0.3) is 5.91 Å². The molecule has 116 valence electrons. The maximum absolute atomic E-state index is 12.7. The Hall–Kier alpha value is -2.82. The molecule has 2 aromatic carbocycles. The van der Waals surface area contributed by atoms with Gasteiger partial charge in [0.1, 0.15) is 11.8 Å². The normalized spacial score (nSPS) is 19.6. The molecular weight excluding hydrogens is 292 g/mol. The van der Waals surface area contributed by atoms with E-state index in [4.69, 9.17) is 4.74 Å². The van der Waals surface area contributed by atoms with Crippen molar-refractivity contribution in [1.82, 2.24) is 4.90 Å². The Balaban J connectivity index is 1.68. The zero-order chi connectivity index (χ0) is 16.0. The number of hydrogen-bond acceptors (Lipinski definition) is 3. The van der Waals surface area contributed by atoms with Crippen molar-refractivity contribution < 1.29 is 14.3 Å². The lowest BCUT2D eigenvalue weighted by Crippen LogP contribution is -2.39. The molecule has 1 atom stereocenters. The van der Waals surface area contributed by atoms with Gasteiger partial charge in [0.15, 0.2) is 0 Å². The van der Waals surface area contributed by atoms with Crippen LogP contribution in [0.1, 0.15) is 11.1 Å². The minimum absolute atomic E-state index is 0.158. The molecule has 0 saturated carbocycles. The van der Waals surface area contributed by atoms with Crippen molar-refractivity contribution in [1.29, 1.82) is 0 Å². The Morgan fingerprint density at radius 3 is 2.39 bits per heavy atom. The first-order chi connectivity index (χ1) is 11.2. The highest BCUT2D eigenvalue weighted by molar-refractivity contribution is 6.21. The first kappa shape index (κ1) is 13.8. The molecule has 0 spiro atoms. The number of nitrogens with zero attached hydrogens (tertiary/aromatic N) is 2. The van der Waals surface area contributed by atoms with E-state index in [1.165, 1.54) is 4.90 Å². The molecule has 1 unspecified atom stereocenters. The van der Waals surface area contributed by atoms with Crippen molar-refractivity contribution >= 4 is 17.6 Å². The highest BCUT2D eigenvalue weighted by Crippen LogP contribution is 2.33. The Morgan fingerprint density at radius 1 is 1.00 bits per heavy atom. The van der Waals surface area contributed by atoms with E-state index in [1.54, 1.807) is 36.3 Å².